The van der Waals surface area contributed by atoms with Gasteiger partial charge in [-0.1, -0.05) is 0 Å². The van der Waals surface area contributed by atoms with Gasteiger partial charge in [-0.2, -0.15) is 18.3 Å². The lowest BCUT2D eigenvalue weighted by Gasteiger charge is -2.08. The van der Waals surface area contributed by atoms with Crippen LogP contribution in [0.1, 0.15) is 6.42 Å². The number of nitrogens with zero attached hydrogens (tertiary/aromatic N) is 3. The minimum atomic E-state index is -4.50. The van der Waals surface area contributed by atoms with Crippen molar-refractivity contribution in [2.24, 2.45) is 0 Å². The number of aryl methyl sites for hydroxylation is 1. The van der Waals surface area contributed by atoms with Gasteiger partial charge in [-0.05, 0) is 6.42 Å². The summed E-state index contributed by atoms with van der Waals surface area (Å²) in [5.74, 6) is 0. The van der Waals surface area contributed by atoms with E-state index >= 15 is 0 Å². The SMILES string of the molecule is O=C(NCCCn1cncn1)OCC(F)(F)F. The first-order valence-corrected chi connectivity index (χ1v) is 4.77. The largest absolute Gasteiger partial charge is 0.440 e. The second-order valence-corrected chi connectivity index (χ2v) is 3.13. The van der Waals surface area contributed by atoms with E-state index in [2.05, 4.69) is 20.1 Å². The van der Waals surface area contributed by atoms with Crippen molar-refractivity contribution in [2.45, 2.75) is 19.1 Å². The Morgan fingerprint density at radius 1 is 1.47 bits per heavy atom. The molecular weight excluding hydrogens is 241 g/mol. The number of carbonyl (C=O) groups is 1. The molecule has 0 bridgehead atoms. The normalized spacial score (nSPS) is 11.2. The average Bonchev–Trinajstić information content (AvgIpc) is 2.73. The highest BCUT2D eigenvalue weighted by Crippen LogP contribution is 2.14. The van der Waals surface area contributed by atoms with Gasteiger partial charge in [-0.25, -0.2) is 9.78 Å². The van der Waals surface area contributed by atoms with Crippen LogP contribution in [0, 0.1) is 0 Å². The monoisotopic (exact) mass is 252 g/mol. The summed E-state index contributed by atoms with van der Waals surface area (Å²) in [6, 6.07) is 0. The molecule has 17 heavy (non-hydrogen) atoms. The number of carbonyl (C=O) groups excluding carboxylic acids is 1. The van der Waals surface area contributed by atoms with Crippen molar-refractivity contribution in [3.63, 3.8) is 0 Å². The zero-order valence-corrected chi connectivity index (χ0v) is 8.78. The van der Waals surface area contributed by atoms with E-state index in [0.29, 0.717) is 13.0 Å². The number of ether oxygens (including phenoxy) is 1. The molecule has 0 aliphatic carbocycles. The summed E-state index contributed by atoms with van der Waals surface area (Å²) >= 11 is 0. The molecule has 0 aliphatic heterocycles. The Hall–Kier alpha value is -1.80. The van der Waals surface area contributed by atoms with Crippen LogP contribution >= 0.6 is 0 Å². The van der Waals surface area contributed by atoms with Crippen molar-refractivity contribution in [3.8, 4) is 0 Å². The van der Waals surface area contributed by atoms with E-state index in [0.717, 1.165) is 0 Å². The molecule has 0 spiro atoms. The molecule has 1 rings (SSSR count). The number of hydrogen-bond donors (Lipinski definition) is 1. The Kier molecular flexibility index (Phi) is 4.73. The van der Waals surface area contributed by atoms with Gasteiger partial charge in [0.15, 0.2) is 6.61 Å². The van der Waals surface area contributed by atoms with Gasteiger partial charge in [-0.3, -0.25) is 4.68 Å². The maximum absolute atomic E-state index is 11.7. The highest BCUT2D eigenvalue weighted by atomic mass is 19.4. The lowest BCUT2D eigenvalue weighted by Crippen LogP contribution is -2.30. The van der Waals surface area contributed by atoms with E-state index in [9.17, 15) is 18.0 Å². The predicted octanol–water partition coefficient (Wildman–Crippen LogP) is 0.957. The number of halogens is 3. The zero-order valence-electron chi connectivity index (χ0n) is 8.78. The number of amides is 1. The maximum Gasteiger partial charge on any atom is 0.422 e. The molecule has 0 unspecified atom stereocenters. The highest BCUT2D eigenvalue weighted by molar-refractivity contribution is 5.67. The minimum Gasteiger partial charge on any atom is -0.440 e. The summed E-state index contributed by atoms with van der Waals surface area (Å²) < 4.78 is 40.5. The summed E-state index contributed by atoms with van der Waals surface area (Å²) in [7, 11) is 0. The smallest absolute Gasteiger partial charge is 0.422 e. The van der Waals surface area contributed by atoms with Crippen LogP contribution in [0.2, 0.25) is 0 Å². The molecule has 96 valence electrons. The molecule has 0 saturated heterocycles. The van der Waals surface area contributed by atoms with E-state index in [1.165, 1.54) is 12.7 Å². The van der Waals surface area contributed by atoms with Gasteiger partial charge in [0.05, 0.1) is 0 Å². The number of hydrogen-bond acceptors (Lipinski definition) is 4. The molecule has 0 atom stereocenters. The molecule has 0 aromatic carbocycles. The van der Waals surface area contributed by atoms with Crippen molar-refractivity contribution >= 4 is 6.09 Å². The van der Waals surface area contributed by atoms with E-state index in [-0.39, 0.29) is 6.54 Å². The fourth-order valence-corrected chi connectivity index (χ4v) is 0.978. The fourth-order valence-electron chi connectivity index (χ4n) is 0.978. The Balaban J connectivity index is 2.04. The van der Waals surface area contributed by atoms with Gasteiger partial charge in [-0.15, -0.1) is 0 Å². The lowest BCUT2D eigenvalue weighted by molar-refractivity contribution is -0.160. The van der Waals surface area contributed by atoms with Crippen LogP contribution in [0.25, 0.3) is 0 Å². The summed E-state index contributed by atoms with van der Waals surface area (Å²) in [5, 5.41) is 6.01. The molecular formula is C8H11F3N4O2. The van der Waals surface area contributed by atoms with Crippen molar-refractivity contribution in [3.05, 3.63) is 12.7 Å². The Bertz CT molecular complexity index is 339. The fraction of sp³-hybridized carbons (Fsp3) is 0.625. The van der Waals surface area contributed by atoms with Gasteiger partial charge in [0.1, 0.15) is 12.7 Å². The van der Waals surface area contributed by atoms with Crippen LogP contribution in [-0.4, -0.2) is 40.2 Å². The molecule has 0 saturated carbocycles. The quantitative estimate of drug-likeness (QED) is 0.792. The molecule has 1 amide bonds. The molecule has 0 fully saturated rings. The molecule has 1 aromatic rings. The third-order valence-electron chi connectivity index (χ3n) is 1.67. The zero-order chi connectivity index (χ0) is 12.7. The summed E-state index contributed by atoms with van der Waals surface area (Å²) in [6.45, 7) is -0.863. The first kappa shape index (κ1) is 13.3. The van der Waals surface area contributed by atoms with Gasteiger partial charge < -0.3 is 10.1 Å². The third-order valence-corrected chi connectivity index (χ3v) is 1.67. The van der Waals surface area contributed by atoms with E-state index in [1.54, 1.807) is 4.68 Å². The van der Waals surface area contributed by atoms with Gasteiger partial charge in [0.2, 0.25) is 0 Å². The molecule has 9 heteroatoms. The summed E-state index contributed by atoms with van der Waals surface area (Å²) in [5.41, 5.74) is 0. The molecule has 1 heterocycles. The average molecular weight is 252 g/mol. The Morgan fingerprint density at radius 3 is 2.82 bits per heavy atom. The number of nitrogens with one attached hydrogen (secondary N) is 1. The van der Waals surface area contributed by atoms with Gasteiger partial charge >= 0.3 is 12.3 Å². The topological polar surface area (TPSA) is 69.0 Å². The number of alkyl halides is 3. The Morgan fingerprint density at radius 2 is 2.24 bits per heavy atom. The second-order valence-electron chi connectivity index (χ2n) is 3.13. The number of aromatic nitrogens is 3. The van der Waals surface area contributed by atoms with Crippen molar-refractivity contribution in [1.82, 2.24) is 20.1 Å². The van der Waals surface area contributed by atoms with Crippen LogP contribution in [0.4, 0.5) is 18.0 Å². The van der Waals surface area contributed by atoms with Crippen molar-refractivity contribution < 1.29 is 22.7 Å². The number of rotatable bonds is 5. The highest BCUT2D eigenvalue weighted by Gasteiger charge is 2.29. The van der Waals surface area contributed by atoms with Gasteiger partial charge in [0, 0.05) is 13.1 Å². The first-order chi connectivity index (χ1) is 7.97. The molecule has 0 radical (unpaired) electrons. The van der Waals surface area contributed by atoms with Crippen molar-refractivity contribution in [1.29, 1.82) is 0 Å². The number of alkyl carbamates (subject to hydrolysis) is 1. The van der Waals surface area contributed by atoms with Crippen LogP contribution in [0.5, 0.6) is 0 Å². The third kappa shape index (κ3) is 6.38. The van der Waals surface area contributed by atoms with Crippen LogP contribution in [0.3, 0.4) is 0 Å². The van der Waals surface area contributed by atoms with Crippen LogP contribution in [0.15, 0.2) is 12.7 Å². The van der Waals surface area contributed by atoms with Crippen molar-refractivity contribution in [2.75, 3.05) is 13.2 Å². The lowest BCUT2D eigenvalue weighted by atomic mass is 10.4. The standard InChI is InChI=1S/C8H11F3N4O2/c9-8(10,11)4-17-7(16)13-2-1-3-15-6-12-5-14-15/h5-6H,1-4H2,(H,13,16). The van der Waals surface area contributed by atoms with E-state index < -0.39 is 18.9 Å². The minimum absolute atomic E-state index is 0.205. The van der Waals surface area contributed by atoms with Crippen LogP contribution in [-0.2, 0) is 11.3 Å². The molecule has 1 N–H and O–H groups in total. The predicted molar refractivity (Wildman–Crippen MR) is 50.0 cm³/mol. The van der Waals surface area contributed by atoms with E-state index in [4.69, 9.17) is 0 Å². The van der Waals surface area contributed by atoms with Gasteiger partial charge in [0.25, 0.3) is 0 Å². The Labute approximate surface area is 94.8 Å². The molecule has 0 aliphatic rings. The summed E-state index contributed by atoms with van der Waals surface area (Å²) in [6.07, 6.45) is -2.20. The second kappa shape index (κ2) is 6.06. The first-order valence-electron chi connectivity index (χ1n) is 4.77. The maximum atomic E-state index is 11.7. The van der Waals surface area contributed by atoms with E-state index in [1.807, 2.05) is 0 Å². The van der Waals surface area contributed by atoms with Crippen LogP contribution < -0.4 is 5.32 Å². The summed E-state index contributed by atoms with van der Waals surface area (Å²) in [4.78, 5) is 14.5. The molecule has 6 nitrogen and oxygen atoms in total. The molecule has 1 aromatic heterocycles.